The van der Waals surface area contributed by atoms with Crippen molar-refractivity contribution in [1.82, 2.24) is 0 Å². The number of halogens is 1. The second-order valence-corrected chi connectivity index (χ2v) is 9.11. The van der Waals surface area contributed by atoms with E-state index in [9.17, 15) is 18.0 Å². The van der Waals surface area contributed by atoms with Crippen molar-refractivity contribution in [1.29, 1.82) is 0 Å². The lowest BCUT2D eigenvalue weighted by Crippen LogP contribution is -2.20. The molecule has 0 aliphatic rings. The van der Waals surface area contributed by atoms with E-state index in [1.54, 1.807) is 48.5 Å². The van der Waals surface area contributed by atoms with Crippen LogP contribution in [0, 0.1) is 0 Å². The number of methoxy groups -OCH3 is 1. The number of carbonyl (C=O) groups excluding carboxylic acids is 2. The number of carbonyl (C=O) groups is 2. The molecular formula is C23H22ClN3O6S. The summed E-state index contributed by atoms with van der Waals surface area (Å²) in [7, 11) is -2.38. The van der Waals surface area contributed by atoms with Crippen molar-refractivity contribution in [2.45, 2.75) is 11.8 Å². The first kappa shape index (κ1) is 24.9. The van der Waals surface area contributed by atoms with Crippen molar-refractivity contribution in [2.24, 2.45) is 0 Å². The summed E-state index contributed by atoms with van der Waals surface area (Å²) in [6.07, 6.45) is 0. The molecule has 0 heterocycles. The first-order valence-corrected chi connectivity index (χ1v) is 11.8. The third-order valence-corrected chi connectivity index (χ3v) is 6.08. The van der Waals surface area contributed by atoms with E-state index in [0.717, 1.165) is 0 Å². The molecule has 0 aromatic heterocycles. The second-order valence-electron chi connectivity index (χ2n) is 7.02. The molecule has 3 N–H and O–H groups in total. The van der Waals surface area contributed by atoms with Gasteiger partial charge in [0.1, 0.15) is 11.5 Å². The molecule has 3 rings (SSSR count). The zero-order valence-corrected chi connectivity index (χ0v) is 19.9. The summed E-state index contributed by atoms with van der Waals surface area (Å²) < 4.78 is 38.2. The van der Waals surface area contributed by atoms with Gasteiger partial charge in [0.25, 0.3) is 15.9 Å². The van der Waals surface area contributed by atoms with Crippen LogP contribution in [0.1, 0.15) is 6.92 Å². The van der Waals surface area contributed by atoms with Crippen molar-refractivity contribution < 1.29 is 27.5 Å². The molecule has 0 aliphatic heterocycles. The minimum atomic E-state index is -3.89. The standard InChI is InChI=1S/C23H22ClN3O6S/c1-15(28)25-16-3-5-17(6-4-16)26-23(29)14-33-22-12-11-20(13-21(22)24)34(30,31)27-18-7-9-19(32-2)10-8-18/h3-13,27H,14H2,1-2H3,(H,25,28)(H,26,29). The molecule has 0 unspecified atom stereocenters. The largest absolute Gasteiger partial charge is 0.497 e. The minimum Gasteiger partial charge on any atom is -0.497 e. The van der Waals surface area contributed by atoms with Crippen LogP contribution >= 0.6 is 11.6 Å². The molecule has 0 spiro atoms. The van der Waals surface area contributed by atoms with Gasteiger partial charge < -0.3 is 20.1 Å². The molecular weight excluding hydrogens is 482 g/mol. The summed E-state index contributed by atoms with van der Waals surface area (Å²) in [6, 6.07) is 16.9. The fourth-order valence-electron chi connectivity index (χ4n) is 2.82. The van der Waals surface area contributed by atoms with E-state index in [1.165, 1.54) is 32.2 Å². The third kappa shape index (κ3) is 6.87. The van der Waals surface area contributed by atoms with Gasteiger partial charge in [0.2, 0.25) is 5.91 Å². The lowest BCUT2D eigenvalue weighted by atomic mass is 10.2. The van der Waals surface area contributed by atoms with Gasteiger partial charge in [0, 0.05) is 24.0 Å². The van der Waals surface area contributed by atoms with Crippen molar-refractivity contribution >= 4 is 50.5 Å². The summed E-state index contributed by atoms with van der Waals surface area (Å²) >= 11 is 6.18. The van der Waals surface area contributed by atoms with Crippen LogP contribution in [0.25, 0.3) is 0 Å². The van der Waals surface area contributed by atoms with E-state index in [4.69, 9.17) is 21.1 Å². The van der Waals surface area contributed by atoms with Gasteiger partial charge in [-0.3, -0.25) is 14.3 Å². The van der Waals surface area contributed by atoms with Gasteiger partial charge in [-0.1, -0.05) is 11.6 Å². The van der Waals surface area contributed by atoms with Crippen molar-refractivity contribution in [3.63, 3.8) is 0 Å². The Morgan fingerprint density at radius 3 is 2.03 bits per heavy atom. The van der Waals surface area contributed by atoms with E-state index in [2.05, 4.69) is 15.4 Å². The van der Waals surface area contributed by atoms with Gasteiger partial charge in [-0.25, -0.2) is 8.42 Å². The second kappa shape index (κ2) is 10.9. The Labute approximate surface area is 202 Å². The topological polar surface area (TPSA) is 123 Å². The number of rotatable bonds is 9. The SMILES string of the molecule is COc1ccc(NS(=O)(=O)c2ccc(OCC(=O)Nc3ccc(NC(C)=O)cc3)c(Cl)c2)cc1. The molecule has 0 bridgehead atoms. The highest BCUT2D eigenvalue weighted by Gasteiger charge is 2.17. The van der Waals surface area contributed by atoms with Crippen molar-refractivity contribution in [3.8, 4) is 11.5 Å². The monoisotopic (exact) mass is 503 g/mol. The number of anilines is 3. The maximum Gasteiger partial charge on any atom is 0.262 e. The van der Waals surface area contributed by atoms with Crippen molar-refractivity contribution in [3.05, 3.63) is 71.8 Å². The Morgan fingerprint density at radius 1 is 0.882 bits per heavy atom. The van der Waals surface area contributed by atoms with E-state index in [1.807, 2.05) is 0 Å². The molecule has 9 nitrogen and oxygen atoms in total. The maximum atomic E-state index is 12.6. The van der Waals surface area contributed by atoms with E-state index >= 15 is 0 Å². The number of amides is 2. The molecule has 3 aromatic rings. The molecule has 11 heteroatoms. The summed E-state index contributed by atoms with van der Waals surface area (Å²) in [4.78, 5) is 23.2. The first-order valence-electron chi connectivity index (χ1n) is 9.93. The average Bonchev–Trinajstić information content (AvgIpc) is 2.79. The molecule has 0 saturated heterocycles. The van der Waals surface area contributed by atoms with Crippen LogP contribution in [0.3, 0.4) is 0 Å². The maximum absolute atomic E-state index is 12.6. The number of benzene rings is 3. The van der Waals surface area contributed by atoms with Gasteiger partial charge in [0.15, 0.2) is 6.61 Å². The summed E-state index contributed by atoms with van der Waals surface area (Å²) in [5, 5.41) is 5.31. The van der Waals surface area contributed by atoms with Gasteiger partial charge in [0.05, 0.1) is 17.0 Å². The lowest BCUT2D eigenvalue weighted by molar-refractivity contribution is -0.118. The highest BCUT2D eigenvalue weighted by Crippen LogP contribution is 2.28. The van der Waals surface area contributed by atoms with Gasteiger partial charge >= 0.3 is 0 Å². The number of sulfonamides is 1. The van der Waals surface area contributed by atoms with E-state index in [-0.39, 0.29) is 28.2 Å². The summed E-state index contributed by atoms with van der Waals surface area (Å²) in [5.74, 6) is 0.110. The van der Waals surface area contributed by atoms with Crippen LogP contribution < -0.4 is 24.8 Å². The minimum absolute atomic E-state index is 0.0325. The number of nitrogens with one attached hydrogen (secondary N) is 3. The van der Waals surface area contributed by atoms with Crippen LogP contribution in [0.2, 0.25) is 5.02 Å². The fraction of sp³-hybridized carbons (Fsp3) is 0.130. The predicted molar refractivity (Wildman–Crippen MR) is 130 cm³/mol. The Morgan fingerprint density at radius 2 is 1.47 bits per heavy atom. The summed E-state index contributed by atoms with van der Waals surface area (Å²) in [6.45, 7) is 1.06. The van der Waals surface area contributed by atoms with E-state index in [0.29, 0.717) is 22.8 Å². The van der Waals surface area contributed by atoms with Crippen LogP contribution in [-0.2, 0) is 19.6 Å². The zero-order valence-electron chi connectivity index (χ0n) is 18.3. The molecule has 2 amide bonds. The highest BCUT2D eigenvalue weighted by molar-refractivity contribution is 7.92. The molecule has 178 valence electrons. The first-order chi connectivity index (χ1) is 16.2. The normalized spacial score (nSPS) is 10.8. The Balaban J connectivity index is 1.58. The Kier molecular flexibility index (Phi) is 7.98. The molecule has 0 radical (unpaired) electrons. The quantitative estimate of drug-likeness (QED) is 0.403. The summed E-state index contributed by atoms with van der Waals surface area (Å²) in [5.41, 5.74) is 1.48. The number of ether oxygens (including phenoxy) is 2. The molecule has 0 atom stereocenters. The number of hydrogen-bond donors (Lipinski definition) is 3. The van der Waals surface area contributed by atoms with Crippen molar-refractivity contribution in [2.75, 3.05) is 29.1 Å². The molecule has 0 fully saturated rings. The average molecular weight is 504 g/mol. The van der Waals surface area contributed by atoms with Gasteiger partial charge in [-0.05, 0) is 66.7 Å². The Hall–Kier alpha value is -3.76. The van der Waals surface area contributed by atoms with Crippen LogP contribution in [0.4, 0.5) is 17.1 Å². The van der Waals surface area contributed by atoms with Crippen LogP contribution in [0.15, 0.2) is 71.6 Å². The van der Waals surface area contributed by atoms with E-state index < -0.39 is 15.9 Å². The molecule has 0 saturated carbocycles. The van der Waals surface area contributed by atoms with Crippen LogP contribution in [0.5, 0.6) is 11.5 Å². The van der Waals surface area contributed by atoms with Crippen LogP contribution in [-0.4, -0.2) is 33.9 Å². The highest BCUT2D eigenvalue weighted by atomic mass is 35.5. The van der Waals surface area contributed by atoms with Gasteiger partial charge in [-0.2, -0.15) is 0 Å². The lowest BCUT2D eigenvalue weighted by Gasteiger charge is -2.12. The Bertz CT molecular complexity index is 1280. The third-order valence-electron chi connectivity index (χ3n) is 4.40. The molecule has 34 heavy (non-hydrogen) atoms. The molecule has 3 aromatic carbocycles. The molecule has 0 aliphatic carbocycles. The fourth-order valence-corrected chi connectivity index (χ4v) is 4.20. The predicted octanol–water partition coefficient (Wildman–Crippen LogP) is 4.13. The smallest absolute Gasteiger partial charge is 0.262 e. The van der Waals surface area contributed by atoms with Gasteiger partial charge in [-0.15, -0.1) is 0 Å². The number of hydrogen-bond acceptors (Lipinski definition) is 6. The zero-order chi connectivity index (χ0) is 24.7.